The van der Waals surface area contributed by atoms with Crippen molar-refractivity contribution in [3.05, 3.63) is 115 Å². The Morgan fingerprint density at radius 1 is 0.900 bits per heavy atom. The molecule has 0 radical (unpaired) electrons. The molecule has 1 N–H and O–H groups in total. The van der Waals surface area contributed by atoms with Crippen LogP contribution in [-0.4, -0.2) is 24.5 Å². The molecular weight excluding hydrogens is 390 g/mol. The number of nitrogens with zero attached hydrogens (tertiary/aromatic N) is 4. The Labute approximate surface area is 181 Å². The number of hydrogen-bond donors (Lipinski definition) is 1. The molecule has 1 aromatic carbocycles. The van der Waals surface area contributed by atoms with E-state index in [2.05, 4.69) is 79.5 Å². The van der Waals surface area contributed by atoms with Crippen LogP contribution in [0, 0.1) is 0 Å². The fourth-order valence-electron chi connectivity index (χ4n) is 4.04. The number of rotatable bonds is 5. The summed E-state index contributed by atoms with van der Waals surface area (Å²) >= 11 is 5.79. The van der Waals surface area contributed by atoms with E-state index in [0.717, 1.165) is 28.7 Å². The van der Waals surface area contributed by atoms with E-state index in [0.29, 0.717) is 0 Å². The Morgan fingerprint density at radius 3 is 2.53 bits per heavy atom. The van der Waals surface area contributed by atoms with Crippen LogP contribution in [-0.2, 0) is 6.54 Å². The molecule has 2 atom stereocenters. The van der Waals surface area contributed by atoms with Gasteiger partial charge in [0.05, 0.1) is 29.7 Å². The standard InChI is InChI=1S/C24H21N5S/c30-24-27-22(20-11-4-5-14-26-20)23(29(24)17-18-8-2-1-3-9-18)21-12-7-15-28(21)19-10-6-13-25-16-19/h1-16,22-23H,17H2,(H,27,30)/t22-,23+/m0/s1. The van der Waals surface area contributed by atoms with E-state index in [4.69, 9.17) is 12.2 Å². The van der Waals surface area contributed by atoms with Crippen LogP contribution in [0.4, 0.5) is 0 Å². The Kier molecular flexibility index (Phi) is 4.99. The van der Waals surface area contributed by atoms with E-state index in [1.165, 1.54) is 5.56 Å². The van der Waals surface area contributed by atoms with Gasteiger partial charge in [-0.15, -0.1) is 0 Å². The molecule has 4 heterocycles. The van der Waals surface area contributed by atoms with Crippen molar-refractivity contribution in [3.8, 4) is 5.69 Å². The summed E-state index contributed by atoms with van der Waals surface area (Å²) in [6, 6.07) is 24.6. The first-order chi connectivity index (χ1) is 14.8. The summed E-state index contributed by atoms with van der Waals surface area (Å²) in [4.78, 5) is 11.2. The van der Waals surface area contributed by atoms with Gasteiger partial charge in [0.25, 0.3) is 0 Å². The van der Waals surface area contributed by atoms with Crippen molar-refractivity contribution in [1.29, 1.82) is 0 Å². The molecule has 0 unspecified atom stereocenters. The fraction of sp³-hybridized carbons (Fsp3) is 0.125. The van der Waals surface area contributed by atoms with E-state index in [-0.39, 0.29) is 12.1 Å². The Balaban J connectivity index is 1.60. The second-order valence-corrected chi connectivity index (χ2v) is 7.64. The highest BCUT2D eigenvalue weighted by atomic mass is 32.1. The zero-order valence-corrected chi connectivity index (χ0v) is 17.1. The summed E-state index contributed by atoms with van der Waals surface area (Å²) in [5.74, 6) is 0. The molecule has 0 spiro atoms. The third-order valence-electron chi connectivity index (χ3n) is 5.40. The minimum absolute atomic E-state index is 0.0113. The van der Waals surface area contributed by atoms with Crippen molar-refractivity contribution >= 4 is 17.3 Å². The normalized spacial score (nSPS) is 18.4. The maximum Gasteiger partial charge on any atom is 0.170 e. The van der Waals surface area contributed by atoms with E-state index in [1.54, 1.807) is 6.20 Å². The Bertz CT molecular complexity index is 1130. The average Bonchev–Trinajstić information content (AvgIpc) is 3.40. The second-order valence-electron chi connectivity index (χ2n) is 7.25. The lowest BCUT2D eigenvalue weighted by molar-refractivity contribution is 0.302. The molecule has 1 aliphatic rings. The molecular formula is C24H21N5S. The summed E-state index contributed by atoms with van der Waals surface area (Å²) in [6.45, 7) is 0.721. The predicted octanol–water partition coefficient (Wildman–Crippen LogP) is 4.44. The lowest BCUT2D eigenvalue weighted by atomic mass is 10.0. The van der Waals surface area contributed by atoms with E-state index >= 15 is 0 Å². The number of benzene rings is 1. The predicted molar refractivity (Wildman–Crippen MR) is 121 cm³/mol. The molecule has 30 heavy (non-hydrogen) atoms. The maximum atomic E-state index is 5.79. The molecule has 5 nitrogen and oxygen atoms in total. The first-order valence-electron chi connectivity index (χ1n) is 9.91. The molecule has 1 saturated heterocycles. The molecule has 6 heteroatoms. The van der Waals surface area contributed by atoms with Gasteiger partial charge in [0.15, 0.2) is 5.11 Å². The highest BCUT2D eigenvalue weighted by Gasteiger charge is 2.41. The largest absolute Gasteiger partial charge is 0.352 e. The van der Waals surface area contributed by atoms with Gasteiger partial charge in [0, 0.05) is 30.8 Å². The molecule has 0 bridgehead atoms. The summed E-state index contributed by atoms with van der Waals surface area (Å²) in [5, 5.41) is 4.26. The van der Waals surface area contributed by atoms with Crippen LogP contribution in [0.1, 0.15) is 29.0 Å². The zero-order chi connectivity index (χ0) is 20.3. The van der Waals surface area contributed by atoms with Crippen molar-refractivity contribution in [2.75, 3.05) is 0 Å². The highest BCUT2D eigenvalue weighted by molar-refractivity contribution is 7.80. The van der Waals surface area contributed by atoms with Crippen molar-refractivity contribution in [3.63, 3.8) is 0 Å². The number of aromatic nitrogens is 3. The van der Waals surface area contributed by atoms with E-state index in [9.17, 15) is 0 Å². The van der Waals surface area contributed by atoms with Gasteiger partial charge >= 0.3 is 0 Å². The van der Waals surface area contributed by atoms with Crippen LogP contribution < -0.4 is 5.32 Å². The van der Waals surface area contributed by atoms with E-state index < -0.39 is 0 Å². The molecule has 4 aromatic rings. The van der Waals surface area contributed by atoms with Gasteiger partial charge in [0.2, 0.25) is 0 Å². The smallest absolute Gasteiger partial charge is 0.170 e. The van der Waals surface area contributed by atoms with Crippen LogP contribution in [0.15, 0.2) is 97.6 Å². The summed E-state index contributed by atoms with van der Waals surface area (Å²) in [7, 11) is 0. The van der Waals surface area contributed by atoms with Crippen LogP contribution in [0.25, 0.3) is 5.69 Å². The molecule has 0 saturated carbocycles. The minimum atomic E-state index is -0.0484. The number of nitrogens with one attached hydrogen (secondary N) is 1. The van der Waals surface area contributed by atoms with Gasteiger partial charge in [-0.2, -0.15) is 0 Å². The van der Waals surface area contributed by atoms with Crippen molar-refractivity contribution < 1.29 is 0 Å². The number of hydrogen-bond acceptors (Lipinski definition) is 3. The molecule has 1 fully saturated rings. The lowest BCUT2D eigenvalue weighted by Crippen LogP contribution is -2.30. The molecule has 0 aliphatic carbocycles. The second kappa shape index (κ2) is 8.08. The van der Waals surface area contributed by atoms with Crippen LogP contribution >= 0.6 is 12.2 Å². The van der Waals surface area contributed by atoms with Gasteiger partial charge in [-0.05, 0) is 54.2 Å². The SMILES string of the molecule is S=C1N[C@@H](c2ccccn2)[C@@H](c2cccn2-c2cccnc2)N1Cc1ccccc1. The topological polar surface area (TPSA) is 46.0 Å². The summed E-state index contributed by atoms with van der Waals surface area (Å²) in [6.07, 6.45) is 7.57. The fourth-order valence-corrected chi connectivity index (χ4v) is 4.35. The van der Waals surface area contributed by atoms with Gasteiger partial charge in [-0.3, -0.25) is 9.97 Å². The quantitative estimate of drug-likeness (QED) is 0.492. The molecule has 0 amide bonds. The third kappa shape index (κ3) is 3.46. The number of thiocarbonyl (C=S) groups is 1. The monoisotopic (exact) mass is 411 g/mol. The van der Waals surface area contributed by atoms with E-state index in [1.807, 2.05) is 36.7 Å². The van der Waals surface area contributed by atoms with Crippen molar-refractivity contribution in [2.45, 2.75) is 18.6 Å². The Hall–Kier alpha value is -3.51. The minimum Gasteiger partial charge on any atom is -0.352 e. The molecule has 1 aliphatic heterocycles. The van der Waals surface area contributed by atoms with Gasteiger partial charge < -0.3 is 14.8 Å². The van der Waals surface area contributed by atoms with Crippen molar-refractivity contribution in [1.82, 2.24) is 24.8 Å². The molecule has 3 aromatic heterocycles. The molecule has 5 rings (SSSR count). The van der Waals surface area contributed by atoms with Gasteiger partial charge in [0.1, 0.15) is 0 Å². The maximum absolute atomic E-state index is 5.79. The summed E-state index contributed by atoms with van der Waals surface area (Å²) < 4.78 is 2.18. The van der Waals surface area contributed by atoms with Gasteiger partial charge in [-0.25, -0.2) is 0 Å². The zero-order valence-electron chi connectivity index (χ0n) is 16.3. The number of pyridine rings is 2. The lowest BCUT2D eigenvalue weighted by Gasteiger charge is -2.29. The van der Waals surface area contributed by atoms with Crippen LogP contribution in [0.2, 0.25) is 0 Å². The highest BCUT2D eigenvalue weighted by Crippen LogP contribution is 2.40. The average molecular weight is 412 g/mol. The van der Waals surface area contributed by atoms with Crippen LogP contribution in [0.5, 0.6) is 0 Å². The van der Waals surface area contributed by atoms with Gasteiger partial charge in [-0.1, -0.05) is 36.4 Å². The van der Waals surface area contributed by atoms with Crippen molar-refractivity contribution in [2.24, 2.45) is 0 Å². The third-order valence-corrected chi connectivity index (χ3v) is 5.75. The summed E-state index contributed by atoms with van der Waals surface area (Å²) in [5.41, 5.74) is 4.35. The molecule has 148 valence electrons. The first kappa shape index (κ1) is 18.5. The Morgan fingerprint density at radius 2 is 1.77 bits per heavy atom. The van der Waals surface area contributed by atoms with Crippen LogP contribution in [0.3, 0.4) is 0 Å². The first-order valence-corrected chi connectivity index (χ1v) is 10.3.